The van der Waals surface area contributed by atoms with Crippen LogP contribution in [0.3, 0.4) is 0 Å². The molecule has 1 aliphatic heterocycles. The fourth-order valence-corrected chi connectivity index (χ4v) is 6.07. The number of nitrogens with two attached hydrogens (primary N) is 1. The van der Waals surface area contributed by atoms with Crippen molar-refractivity contribution in [1.82, 2.24) is 10.2 Å². The van der Waals surface area contributed by atoms with E-state index in [0.717, 1.165) is 44.7 Å². The van der Waals surface area contributed by atoms with Gasteiger partial charge in [-0.2, -0.15) is 13.2 Å². The summed E-state index contributed by atoms with van der Waals surface area (Å²) >= 11 is 0. The van der Waals surface area contributed by atoms with Gasteiger partial charge in [0.15, 0.2) is 0 Å². The Kier molecular flexibility index (Phi) is 7.16. The molecule has 0 spiro atoms. The predicted molar refractivity (Wildman–Crippen MR) is 119 cm³/mol. The molecule has 3 N–H and O–H groups in total. The van der Waals surface area contributed by atoms with Crippen molar-refractivity contribution in [2.75, 3.05) is 44.2 Å². The number of carbonyl (C=O) groups excluding carboxylic acids is 2. The molecule has 2 saturated carbocycles. The Hall–Kier alpha value is -2.29. The molecule has 2 amide bonds. The van der Waals surface area contributed by atoms with Crippen LogP contribution in [0.25, 0.3) is 0 Å². The number of primary amides is 1. The molecule has 1 saturated heterocycles. The highest BCUT2D eigenvalue weighted by Gasteiger charge is 2.53. The van der Waals surface area contributed by atoms with Crippen molar-refractivity contribution in [2.24, 2.45) is 29.4 Å². The molecule has 0 aromatic heterocycles. The van der Waals surface area contributed by atoms with Gasteiger partial charge in [0.25, 0.3) is 0 Å². The largest absolute Gasteiger partial charge is 0.418 e. The summed E-state index contributed by atoms with van der Waals surface area (Å²) in [5, 5.41) is 3.00. The number of benzene rings is 1. The van der Waals surface area contributed by atoms with Gasteiger partial charge in [-0.25, -0.2) is 0 Å². The van der Waals surface area contributed by atoms with Crippen molar-refractivity contribution in [1.29, 1.82) is 0 Å². The highest BCUT2D eigenvalue weighted by atomic mass is 19.4. The molecule has 4 rings (SSSR count). The zero-order chi connectivity index (χ0) is 23.6. The summed E-state index contributed by atoms with van der Waals surface area (Å²) in [5.74, 6) is -0.421. The number of halogens is 3. The summed E-state index contributed by atoms with van der Waals surface area (Å²) in [5.41, 5.74) is 5.24. The van der Waals surface area contributed by atoms with Crippen molar-refractivity contribution in [3.05, 3.63) is 29.8 Å². The van der Waals surface area contributed by atoms with Crippen LogP contribution in [0.1, 0.15) is 37.7 Å². The molecule has 3 aliphatic rings. The van der Waals surface area contributed by atoms with E-state index in [1.807, 2.05) is 4.90 Å². The molecular weight excluding hydrogens is 433 g/mol. The van der Waals surface area contributed by atoms with Crippen LogP contribution in [0, 0.1) is 23.7 Å². The highest BCUT2D eigenvalue weighted by molar-refractivity contribution is 5.88. The van der Waals surface area contributed by atoms with Crippen molar-refractivity contribution >= 4 is 17.5 Å². The molecule has 2 bridgehead atoms. The van der Waals surface area contributed by atoms with E-state index in [1.165, 1.54) is 6.07 Å². The molecule has 182 valence electrons. The zero-order valence-electron chi connectivity index (χ0n) is 18.8. The molecular formula is C24H33F3N4O2. The van der Waals surface area contributed by atoms with Gasteiger partial charge in [0, 0.05) is 38.4 Å². The highest BCUT2D eigenvalue weighted by Crippen LogP contribution is 2.52. The summed E-state index contributed by atoms with van der Waals surface area (Å²) in [6, 6.07) is 5.75. The third-order valence-corrected chi connectivity index (χ3v) is 7.67. The van der Waals surface area contributed by atoms with Crippen LogP contribution in [0.4, 0.5) is 18.9 Å². The van der Waals surface area contributed by atoms with Crippen LogP contribution >= 0.6 is 0 Å². The van der Waals surface area contributed by atoms with Gasteiger partial charge in [0.2, 0.25) is 11.8 Å². The average molecular weight is 467 g/mol. The molecule has 2 aliphatic carbocycles. The van der Waals surface area contributed by atoms with E-state index in [0.29, 0.717) is 32.7 Å². The number of fused-ring (bicyclic) bond motifs is 2. The van der Waals surface area contributed by atoms with Crippen LogP contribution in [0.15, 0.2) is 24.3 Å². The lowest BCUT2D eigenvalue weighted by molar-refractivity contribution is -0.137. The second-order valence-corrected chi connectivity index (χ2v) is 9.63. The van der Waals surface area contributed by atoms with Gasteiger partial charge in [-0.15, -0.1) is 0 Å². The van der Waals surface area contributed by atoms with Gasteiger partial charge in [0.1, 0.15) is 0 Å². The monoisotopic (exact) mass is 466 g/mol. The fourth-order valence-electron chi connectivity index (χ4n) is 6.07. The molecule has 33 heavy (non-hydrogen) atoms. The van der Waals surface area contributed by atoms with Crippen molar-refractivity contribution in [3.63, 3.8) is 0 Å². The third kappa shape index (κ3) is 5.28. The summed E-state index contributed by atoms with van der Waals surface area (Å²) in [7, 11) is 0. The minimum absolute atomic E-state index is 0.0389. The minimum atomic E-state index is -4.35. The van der Waals surface area contributed by atoms with Crippen LogP contribution in [0.2, 0.25) is 0 Å². The number of anilines is 1. The first-order valence-corrected chi connectivity index (χ1v) is 12.0. The second-order valence-electron chi connectivity index (χ2n) is 9.63. The number of piperazine rings is 1. The Balaban J connectivity index is 1.16. The van der Waals surface area contributed by atoms with Crippen LogP contribution in [-0.2, 0) is 15.8 Å². The predicted octanol–water partition coefficient (Wildman–Crippen LogP) is 2.87. The number of nitrogens with one attached hydrogen (secondary N) is 1. The van der Waals surface area contributed by atoms with E-state index < -0.39 is 11.7 Å². The number of rotatable bonds is 8. The second kappa shape index (κ2) is 9.91. The van der Waals surface area contributed by atoms with E-state index >= 15 is 0 Å². The number of unbranched alkanes of at least 4 members (excludes halogenated alkanes) is 1. The van der Waals surface area contributed by atoms with E-state index in [9.17, 15) is 22.8 Å². The minimum Gasteiger partial charge on any atom is -0.369 e. The quantitative estimate of drug-likeness (QED) is 0.578. The summed E-state index contributed by atoms with van der Waals surface area (Å²) in [6.07, 6.45) is 0.308. The Morgan fingerprint density at radius 1 is 1.00 bits per heavy atom. The van der Waals surface area contributed by atoms with Gasteiger partial charge in [-0.05, 0) is 62.6 Å². The SMILES string of the molecule is NC(=O)C1C2CCC(C2)C1C(=O)NCCCCN1CCN(c2ccccc2C(F)(F)F)CC1. The summed E-state index contributed by atoms with van der Waals surface area (Å²) < 4.78 is 39.9. The molecule has 1 aromatic carbocycles. The summed E-state index contributed by atoms with van der Waals surface area (Å²) in [4.78, 5) is 28.6. The lowest BCUT2D eigenvalue weighted by Crippen LogP contribution is -2.47. The number of hydrogen-bond acceptors (Lipinski definition) is 4. The number of alkyl halides is 3. The van der Waals surface area contributed by atoms with Gasteiger partial charge >= 0.3 is 6.18 Å². The van der Waals surface area contributed by atoms with Crippen LogP contribution in [-0.4, -0.2) is 56.0 Å². The molecule has 9 heteroatoms. The van der Waals surface area contributed by atoms with Gasteiger partial charge in [-0.3, -0.25) is 14.5 Å². The van der Waals surface area contributed by atoms with Crippen molar-refractivity contribution in [2.45, 2.75) is 38.3 Å². The van der Waals surface area contributed by atoms with Crippen LogP contribution < -0.4 is 16.0 Å². The van der Waals surface area contributed by atoms with E-state index in [1.54, 1.807) is 12.1 Å². The Morgan fingerprint density at radius 2 is 1.67 bits per heavy atom. The fraction of sp³-hybridized carbons (Fsp3) is 0.667. The first-order chi connectivity index (χ1) is 15.8. The first-order valence-electron chi connectivity index (χ1n) is 12.0. The van der Waals surface area contributed by atoms with Crippen molar-refractivity contribution in [3.8, 4) is 0 Å². The number of para-hydroxylation sites is 1. The Morgan fingerprint density at radius 3 is 2.33 bits per heavy atom. The average Bonchev–Trinajstić information content (AvgIpc) is 3.40. The number of amides is 2. The van der Waals surface area contributed by atoms with Gasteiger partial charge < -0.3 is 16.0 Å². The maximum atomic E-state index is 13.3. The van der Waals surface area contributed by atoms with Gasteiger partial charge in [0.05, 0.1) is 17.4 Å². The Bertz CT molecular complexity index is 854. The molecule has 3 fully saturated rings. The molecule has 0 radical (unpaired) electrons. The van der Waals surface area contributed by atoms with E-state index in [4.69, 9.17) is 5.73 Å². The van der Waals surface area contributed by atoms with Gasteiger partial charge in [-0.1, -0.05) is 12.1 Å². The number of hydrogen-bond donors (Lipinski definition) is 2. The molecule has 1 aromatic rings. The molecule has 6 nitrogen and oxygen atoms in total. The maximum Gasteiger partial charge on any atom is 0.418 e. The standard InChI is InChI=1S/C24H33F3N4O2/c25-24(26,27)18-5-1-2-6-19(18)31-13-11-30(12-14-31)10-4-3-9-29-23(33)21-17-8-7-16(15-17)20(21)22(28)32/h1-2,5-6,16-17,20-21H,3-4,7-15H2,(H2,28,32)(H,29,33). The molecule has 1 heterocycles. The molecule has 4 atom stereocenters. The topological polar surface area (TPSA) is 78.7 Å². The Labute approximate surface area is 192 Å². The maximum absolute atomic E-state index is 13.3. The third-order valence-electron chi connectivity index (χ3n) is 7.67. The van der Waals surface area contributed by atoms with Crippen molar-refractivity contribution < 1.29 is 22.8 Å². The lowest BCUT2D eigenvalue weighted by atomic mass is 9.78. The van der Waals surface area contributed by atoms with E-state index in [-0.39, 0.29) is 41.2 Å². The van der Waals surface area contributed by atoms with Crippen LogP contribution in [0.5, 0.6) is 0 Å². The molecule has 4 unspecified atom stereocenters. The van der Waals surface area contributed by atoms with E-state index in [2.05, 4.69) is 10.2 Å². The summed E-state index contributed by atoms with van der Waals surface area (Å²) in [6.45, 7) is 3.96. The smallest absolute Gasteiger partial charge is 0.369 e. The number of carbonyl (C=O) groups is 2. The number of nitrogens with zero attached hydrogens (tertiary/aromatic N) is 2. The zero-order valence-corrected chi connectivity index (χ0v) is 18.8. The first kappa shape index (κ1) is 23.9. The lowest BCUT2D eigenvalue weighted by Gasteiger charge is -2.37. The normalized spacial score (nSPS) is 27.7.